The molecule has 0 amide bonds. The molecule has 0 saturated heterocycles. The Morgan fingerprint density at radius 1 is 1.08 bits per heavy atom. The van der Waals surface area contributed by atoms with E-state index < -0.39 is 0 Å². The maximum atomic E-state index is 5.10. The van der Waals surface area contributed by atoms with Crippen LogP contribution in [-0.2, 0) is 0 Å². The molecule has 1 heteroatoms. The molecule has 1 rings (SSSR count). The second-order valence-electron chi connectivity index (χ2n) is 2.47. The molecule has 0 spiro atoms. The molecular formula is C11H18O. The fourth-order valence-corrected chi connectivity index (χ4v) is 1.03. The molecule has 0 bridgehead atoms. The van der Waals surface area contributed by atoms with Crippen molar-refractivity contribution in [1.82, 2.24) is 0 Å². The predicted molar refractivity (Wildman–Crippen MR) is 53.8 cm³/mol. The van der Waals surface area contributed by atoms with E-state index in [9.17, 15) is 0 Å². The number of hydrogen-bond acceptors (Lipinski definition) is 1. The Morgan fingerprint density at radius 2 is 1.67 bits per heavy atom. The molecule has 1 nitrogen and oxygen atoms in total. The van der Waals surface area contributed by atoms with Crippen molar-refractivity contribution in [2.75, 3.05) is 7.11 Å². The lowest BCUT2D eigenvalue weighted by molar-refractivity contribution is 0.411. The lowest BCUT2D eigenvalue weighted by Gasteiger charge is -2.03. The molecule has 0 saturated carbocycles. The molecule has 1 aromatic carbocycles. The lowest BCUT2D eigenvalue weighted by Crippen LogP contribution is -1.86. The zero-order chi connectivity index (χ0) is 9.56. The van der Waals surface area contributed by atoms with Gasteiger partial charge in [0.2, 0.25) is 0 Å². The molecule has 1 aromatic rings. The first-order valence-electron chi connectivity index (χ1n) is 4.35. The third-order valence-corrected chi connectivity index (χ3v) is 1.55. The number of aryl methyl sites for hydroxylation is 2. The number of methoxy groups -OCH3 is 1. The Kier molecular flexibility index (Phi) is 5.18. The number of benzene rings is 1. The lowest BCUT2D eigenvalue weighted by atomic mass is 10.1. The van der Waals surface area contributed by atoms with Crippen LogP contribution < -0.4 is 4.74 Å². The van der Waals surface area contributed by atoms with Gasteiger partial charge in [-0.2, -0.15) is 0 Å². The Balaban J connectivity index is 0.000000561. The average molecular weight is 166 g/mol. The smallest absolute Gasteiger partial charge is 0.121 e. The van der Waals surface area contributed by atoms with Crippen molar-refractivity contribution in [3.8, 4) is 5.75 Å². The van der Waals surface area contributed by atoms with Gasteiger partial charge in [0, 0.05) is 0 Å². The zero-order valence-corrected chi connectivity index (χ0v) is 8.64. The second kappa shape index (κ2) is 5.64. The molecule has 68 valence electrons. The van der Waals surface area contributed by atoms with Gasteiger partial charge < -0.3 is 4.74 Å². The summed E-state index contributed by atoms with van der Waals surface area (Å²) < 4.78 is 5.10. The summed E-state index contributed by atoms with van der Waals surface area (Å²) in [6.07, 6.45) is 0. The Hall–Kier alpha value is -0.980. The first-order valence-corrected chi connectivity index (χ1v) is 4.35. The van der Waals surface area contributed by atoms with Crippen LogP contribution in [0.15, 0.2) is 18.2 Å². The molecule has 0 N–H and O–H groups in total. The summed E-state index contributed by atoms with van der Waals surface area (Å²) in [5, 5.41) is 0. The van der Waals surface area contributed by atoms with E-state index in [4.69, 9.17) is 4.74 Å². The highest BCUT2D eigenvalue weighted by atomic mass is 16.5. The van der Waals surface area contributed by atoms with E-state index >= 15 is 0 Å². The average Bonchev–Trinajstić information content (AvgIpc) is 2.08. The van der Waals surface area contributed by atoms with E-state index in [2.05, 4.69) is 13.0 Å². The molecule has 0 atom stereocenters. The second-order valence-corrected chi connectivity index (χ2v) is 2.47. The van der Waals surface area contributed by atoms with Gasteiger partial charge in [-0.25, -0.2) is 0 Å². The fraction of sp³-hybridized carbons (Fsp3) is 0.455. The first-order chi connectivity index (χ1) is 5.74. The largest absolute Gasteiger partial charge is 0.496 e. The van der Waals surface area contributed by atoms with Crippen molar-refractivity contribution in [2.45, 2.75) is 27.7 Å². The minimum Gasteiger partial charge on any atom is -0.496 e. The van der Waals surface area contributed by atoms with Crippen LogP contribution in [0.5, 0.6) is 5.75 Å². The summed E-state index contributed by atoms with van der Waals surface area (Å²) in [7, 11) is 1.69. The molecule has 0 fully saturated rings. The van der Waals surface area contributed by atoms with E-state index in [1.165, 1.54) is 11.1 Å². The SMILES string of the molecule is CC.COc1ccc(C)cc1C. The molecule has 0 aliphatic carbocycles. The summed E-state index contributed by atoms with van der Waals surface area (Å²) in [5.74, 6) is 0.964. The third-order valence-electron chi connectivity index (χ3n) is 1.55. The van der Waals surface area contributed by atoms with Crippen molar-refractivity contribution >= 4 is 0 Å². The summed E-state index contributed by atoms with van der Waals surface area (Å²) >= 11 is 0. The van der Waals surface area contributed by atoms with E-state index in [-0.39, 0.29) is 0 Å². The van der Waals surface area contributed by atoms with E-state index in [0.29, 0.717) is 0 Å². The van der Waals surface area contributed by atoms with Crippen molar-refractivity contribution in [2.24, 2.45) is 0 Å². The molecule has 0 radical (unpaired) electrons. The van der Waals surface area contributed by atoms with Gasteiger partial charge in [0.25, 0.3) is 0 Å². The van der Waals surface area contributed by atoms with Gasteiger partial charge in [-0.3, -0.25) is 0 Å². The van der Waals surface area contributed by atoms with Crippen molar-refractivity contribution < 1.29 is 4.74 Å². The van der Waals surface area contributed by atoms with Crippen LogP contribution >= 0.6 is 0 Å². The fourth-order valence-electron chi connectivity index (χ4n) is 1.03. The molecule has 0 aliphatic heterocycles. The Bertz CT molecular complexity index is 228. The third kappa shape index (κ3) is 2.95. The molecule has 0 unspecified atom stereocenters. The molecule has 0 aliphatic rings. The Morgan fingerprint density at radius 3 is 2.08 bits per heavy atom. The molecule has 0 heterocycles. The number of hydrogen-bond donors (Lipinski definition) is 0. The topological polar surface area (TPSA) is 9.23 Å². The van der Waals surface area contributed by atoms with Gasteiger partial charge in [0.1, 0.15) is 5.75 Å². The molecule has 12 heavy (non-hydrogen) atoms. The predicted octanol–water partition coefficient (Wildman–Crippen LogP) is 3.34. The van der Waals surface area contributed by atoms with Crippen LogP contribution in [0.4, 0.5) is 0 Å². The van der Waals surface area contributed by atoms with Gasteiger partial charge >= 0.3 is 0 Å². The van der Waals surface area contributed by atoms with Crippen LogP contribution in [0, 0.1) is 13.8 Å². The summed E-state index contributed by atoms with van der Waals surface area (Å²) in [5.41, 5.74) is 2.47. The summed E-state index contributed by atoms with van der Waals surface area (Å²) in [4.78, 5) is 0. The quantitative estimate of drug-likeness (QED) is 0.621. The zero-order valence-electron chi connectivity index (χ0n) is 8.64. The number of ether oxygens (including phenoxy) is 1. The highest BCUT2D eigenvalue weighted by Gasteiger charge is 1.94. The maximum Gasteiger partial charge on any atom is 0.121 e. The van der Waals surface area contributed by atoms with Crippen LogP contribution in [-0.4, -0.2) is 7.11 Å². The first kappa shape index (κ1) is 11.0. The standard InChI is InChI=1S/C9H12O.C2H6/c1-7-4-5-9(10-3)8(2)6-7;1-2/h4-6H,1-3H3;1-2H3. The molecular weight excluding hydrogens is 148 g/mol. The van der Waals surface area contributed by atoms with E-state index in [1.807, 2.05) is 32.9 Å². The highest BCUT2D eigenvalue weighted by Crippen LogP contribution is 2.17. The van der Waals surface area contributed by atoms with Gasteiger partial charge in [-0.15, -0.1) is 0 Å². The van der Waals surface area contributed by atoms with Crippen molar-refractivity contribution in [3.05, 3.63) is 29.3 Å². The van der Waals surface area contributed by atoms with Gasteiger partial charge in [-0.05, 0) is 25.5 Å². The summed E-state index contributed by atoms with van der Waals surface area (Å²) in [6.45, 7) is 8.12. The van der Waals surface area contributed by atoms with Crippen molar-refractivity contribution in [1.29, 1.82) is 0 Å². The Labute approximate surface area is 75.4 Å². The van der Waals surface area contributed by atoms with Crippen LogP contribution in [0.2, 0.25) is 0 Å². The molecule has 0 aromatic heterocycles. The van der Waals surface area contributed by atoms with Gasteiger partial charge in [-0.1, -0.05) is 31.5 Å². The minimum absolute atomic E-state index is 0.964. The number of rotatable bonds is 1. The highest BCUT2D eigenvalue weighted by molar-refractivity contribution is 5.35. The van der Waals surface area contributed by atoms with Crippen LogP contribution in [0.3, 0.4) is 0 Å². The van der Waals surface area contributed by atoms with Gasteiger partial charge in [0.15, 0.2) is 0 Å². The van der Waals surface area contributed by atoms with Gasteiger partial charge in [0.05, 0.1) is 7.11 Å². The summed E-state index contributed by atoms with van der Waals surface area (Å²) in [6, 6.07) is 6.15. The van der Waals surface area contributed by atoms with E-state index in [0.717, 1.165) is 5.75 Å². The van der Waals surface area contributed by atoms with Crippen LogP contribution in [0.25, 0.3) is 0 Å². The normalized spacial score (nSPS) is 8.42. The van der Waals surface area contributed by atoms with E-state index in [1.54, 1.807) is 7.11 Å². The maximum absolute atomic E-state index is 5.10. The van der Waals surface area contributed by atoms with Crippen LogP contribution in [0.1, 0.15) is 25.0 Å². The monoisotopic (exact) mass is 166 g/mol. The minimum atomic E-state index is 0.964. The van der Waals surface area contributed by atoms with Crippen molar-refractivity contribution in [3.63, 3.8) is 0 Å².